The molecule has 0 radical (unpaired) electrons. The number of rotatable bonds is 0. The maximum atomic E-state index is 9.28. The number of aromatic nitrogens is 1. The van der Waals surface area contributed by atoms with Crippen LogP contribution in [-0.4, -0.2) is 10.1 Å². The van der Waals surface area contributed by atoms with Crippen molar-refractivity contribution >= 4 is 10.9 Å². The Morgan fingerprint density at radius 1 is 1.42 bits per heavy atom. The molecule has 0 amide bonds. The van der Waals surface area contributed by atoms with Crippen LogP contribution in [0.1, 0.15) is 5.56 Å². The predicted molar refractivity (Wildman–Crippen MR) is 44.7 cm³/mol. The van der Waals surface area contributed by atoms with Crippen molar-refractivity contribution in [1.29, 1.82) is 5.26 Å². The molecular formula is C9H6N2O. The highest BCUT2D eigenvalue weighted by atomic mass is 16.3. The molecular weight excluding hydrogens is 152 g/mol. The van der Waals surface area contributed by atoms with E-state index in [0.717, 1.165) is 10.9 Å². The number of aromatic amines is 1. The molecule has 0 unspecified atom stereocenters. The van der Waals surface area contributed by atoms with Gasteiger partial charge >= 0.3 is 0 Å². The van der Waals surface area contributed by atoms with E-state index in [-0.39, 0.29) is 5.75 Å². The van der Waals surface area contributed by atoms with Gasteiger partial charge in [-0.15, -0.1) is 0 Å². The Labute approximate surface area is 68.9 Å². The topological polar surface area (TPSA) is 59.8 Å². The van der Waals surface area contributed by atoms with Gasteiger partial charge < -0.3 is 10.1 Å². The smallest absolute Gasteiger partial charge is 0.135 e. The lowest BCUT2D eigenvalue weighted by Gasteiger charge is -1.94. The number of H-pyrrole nitrogens is 1. The molecule has 0 aliphatic carbocycles. The van der Waals surface area contributed by atoms with Crippen LogP contribution in [-0.2, 0) is 0 Å². The van der Waals surface area contributed by atoms with Crippen LogP contribution in [0.15, 0.2) is 24.4 Å². The zero-order chi connectivity index (χ0) is 8.55. The monoisotopic (exact) mass is 158 g/mol. The van der Waals surface area contributed by atoms with Gasteiger partial charge in [0.25, 0.3) is 0 Å². The van der Waals surface area contributed by atoms with E-state index in [2.05, 4.69) is 4.98 Å². The van der Waals surface area contributed by atoms with E-state index in [0.29, 0.717) is 5.56 Å². The Morgan fingerprint density at radius 3 is 3.00 bits per heavy atom. The van der Waals surface area contributed by atoms with E-state index in [1.54, 1.807) is 18.3 Å². The molecule has 58 valence electrons. The number of fused-ring (bicyclic) bond motifs is 1. The van der Waals surface area contributed by atoms with Crippen molar-refractivity contribution in [3.63, 3.8) is 0 Å². The van der Waals surface area contributed by atoms with Gasteiger partial charge in [-0.25, -0.2) is 0 Å². The highest BCUT2D eigenvalue weighted by Crippen LogP contribution is 2.22. The molecule has 0 saturated heterocycles. The third kappa shape index (κ3) is 0.823. The Balaban J connectivity index is 2.84. The summed E-state index contributed by atoms with van der Waals surface area (Å²) in [6, 6.07) is 6.97. The van der Waals surface area contributed by atoms with Gasteiger partial charge in [-0.2, -0.15) is 5.26 Å². The molecule has 3 nitrogen and oxygen atoms in total. The number of nitrogens with one attached hydrogen (secondary N) is 1. The molecule has 12 heavy (non-hydrogen) atoms. The van der Waals surface area contributed by atoms with Gasteiger partial charge in [-0.05, 0) is 12.1 Å². The van der Waals surface area contributed by atoms with E-state index >= 15 is 0 Å². The third-order valence-corrected chi connectivity index (χ3v) is 1.79. The van der Waals surface area contributed by atoms with Crippen molar-refractivity contribution in [2.75, 3.05) is 0 Å². The highest BCUT2D eigenvalue weighted by Gasteiger charge is 2.02. The molecule has 2 N–H and O–H groups in total. The minimum atomic E-state index is 0.0208. The second kappa shape index (κ2) is 2.28. The first-order valence-corrected chi connectivity index (χ1v) is 3.51. The fourth-order valence-electron chi connectivity index (χ4n) is 1.18. The molecule has 1 aromatic heterocycles. The second-order valence-corrected chi connectivity index (χ2v) is 2.55. The average Bonchev–Trinajstić information content (AvgIpc) is 2.49. The van der Waals surface area contributed by atoms with Crippen LogP contribution in [0.25, 0.3) is 10.9 Å². The van der Waals surface area contributed by atoms with Crippen LogP contribution in [0.3, 0.4) is 0 Å². The van der Waals surface area contributed by atoms with Gasteiger partial charge in [0.05, 0.1) is 5.56 Å². The third-order valence-electron chi connectivity index (χ3n) is 1.79. The normalized spacial score (nSPS) is 9.92. The fourth-order valence-corrected chi connectivity index (χ4v) is 1.18. The van der Waals surface area contributed by atoms with E-state index in [1.807, 2.05) is 12.1 Å². The summed E-state index contributed by atoms with van der Waals surface area (Å²) in [5.74, 6) is 0.0208. The van der Waals surface area contributed by atoms with Crippen LogP contribution < -0.4 is 0 Å². The standard InChI is InChI=1S/C9H6N2O/c10-5-7-3-6-1-2-11-8(6)4-9(7)12/h1-4,11-12H. The molecule has 0 aliphatic rings. The number of phenols is 1. The number of hydrogen-bond acceptors (Lipinski definition) is 2. The Kier molecular flexibility index (Phi) is 1.28. The first-order valence-electron chi connectivity index (χ1n) is 3.51. The summed E-state index contributed by atoms with van der Waals surface area (Å²) in [4.78, 5) is 2.94. The molecule has 0 aliphatic heterocycles. The molecule has 0 fully saturated rings. The molecule has 2 rings (SSSR count). The number of nitriles is 1. The lowest BCUT2D eigenvalue weighted by atomic mass is 10.1. The van der Waals surface area contributed by atoms with E-state index in [9.17, 15) is 5.11 Å². The van der Waals surface area contributed by atoms with Crippen molar-refractivity contribution < 1.29 is 5.11 Å². The lowest BCUT2D eigenvalue weighted by molar-refractivity contribution is 0.474. The minimum absolute atomic E-state index is 0.0208. The number of hydrogen-bond donors (Lipinski definition) is 2. The highest BCUT2D eigenvalue weighted by molar-refractivity contribution is 5.82. The van der Waals surface area contributed by atoms with Crippen LogP contribution in [0, 0.1) is 11.3 Å². The Hall–Kier alpha value is -1.95. The van der Waals surface area contributed by atoms with Gasteiger partial charge in [-0.3, -0.25) is 0 Å². The van der Waals surface area contributed by atoms with Gasteiger partial charge in [-0.1, -0.05) is 0 Å². The van der Waals surface area contributed by atoms with E-state index in [4.69, 9.17) is 5.26 Å². The first kappa shape index (κ1) is 6.74. The van der Waals surface area contributed by atoms with Crippen LogP contribution >= 0.6 is 0 Å². The SMILES string of the molecule is N#Cc1cc2cc[nH]c2cc1O. The zero-order valence-corrected chi connectivity index (χ0v) is 6.20. The van der Waals surface area contributed by atoms with Crippen molar-refractivity contribution in [3.05, 3.63) is 30.0 Å². The maximum Gasteiger partial charge on any atom is 0.135 e. The molecule has 0 saturated carbocycles. The summed E-state index contributed by atoms with van der Waals surface area (Å²) in [7, 11) is 0. The molecule has 0 atom stereocenters. The summed E-state index contributed by atoms with van der Waals surface area (Å²) in [6.45, 7) is 0. The van der Waals surface area contributed by atoms with Crippen molar-refractivity contribution in [2.24, 2.45) is 0 Å². The quantitative estimate of drug-likeness (QED) is 0.613. The lowest BCUT2D eigenvalue weighted by Crippen LogP contribution is -1.76. The zero-order valence-electron chi connectivity index (χ0n) is 6.20. The summed E-state index contributed by atoms with van der Waals surface area (Å²) in [5, 5.41) is 18.8. The predicted octanol–water partition coefficient (Wildman–Crippen LogP) is 1.75. The number of nitrogens with zero attached hydrogens (tertiary/aromatic N) is 1. The largest absolute Gasteiger partial charge is 0.506 e. The summed E-state index contributed by atoms with van der Waals surface area (Å²) >= 11 is 0. The van der Waals surface area contributed by atoms with Crippen LogP contribution in [0.4, 0.5) is 0 Å². The molecule has 1 aromatic carbocycles. The fraction of sp³-hybridized carbons (Fsp3) is 0. The molecule has 3 heteroatoms. The first-order chi connectivity index (χ1) is 5.81. The van der Waals surface area contributed by atoms with Gasteiger partial charge in [0.1, 0.15) is 11.8 Å². The van der Waals surface area contributed by atoms with Gasteiger partial charge in [0, 0.05) is 23.2 Å². The molecule has 0 bridgehead atoms. The number of phenolic OH excluding ortho intramolecular Hbond substituents is 1. The molecule has 2 aromatic rings. The summed E-state index contributed by atoms with van der Waals surface area (Å²) < 4.78 is 0. The summed E-state index contributed by atoms with van der Waals surface area (Å²) in [5.41, 5.74) is 1.15. The minimum Gasteiger partial charge on any atom is -0.506 e. The summed E-state index contributed by atoms with van der Waals surface area (Å²) in [6.07, 6.45) is 1.77. The van der Waals surface area contributed by atoms with Gasteiger partial charge in [0.2, 0.25) is 0 Å². The van der Waals surface area contributed by atoms with Crippen molar-refractivity contribution in [2.45, 2.75) is 0 Å². The van der Waals surface area contributed by atoms with Crippen LogP contribution in [0.5, 0.6) is 5.75 Å². The second-order valence-electron chi connectivity index (χ2n) is 2.55. The van der Waals surface area contributed by atoms with Crippen LogP contribution in [0.2, 0.25) is 0 Å². The van der Waals surface area contributed by atoms with Gasteiger partial charge in [0.15, 0.2) is 0 Å². The number of aromatic hydroxyl groups is 1. The Bertz CT molecular complexity index is 465. The Morgan fingerprint density at radius 2 is 2.25 bits per heavy atom. The van der Waals surface area contributed by atoms with E-state index in [1.165, 1.54) is 0 Å². The van der Waals surface area contributed by atoms with Crippen molar-refractivity contribution in [3.8, 4) is 11.8 Å². The maximum absolute atomic E-state index is 9.28. The molecule has 0 spiro atoms. The number of benzene rings is 1. The van der Waals surface area contributed by atoms with Crippen molar-refractivity contribution in [1.82, 2.24) is 4.98 Å². The average molecular weight is 158 g/mol. The van der Waals surface area contributed by atoms with E-state index < -0.39 is 0 Å². The molecule has 1 heterocycles.